The Kier molecular flexibility index (Phi) is 5.46. The molecule has 0 atom stereocenters. The normalized spacial score (nSPS) is 17.2. The zero-order valence-corrected chi connectivity index (χ0v) is 11.6. The SMILES string of the molecule is N=C(N)c1ncccc1CN1CCC(OCCO)CC1. The fourth-order valence-electron chi connectivity index (χ4n) is 2.50. The number of rotatable bonds is 6. The van der Waals surface area contributed by atoms with Crippen LogP contribution in [0.3, 0.4) is 0 Å². The van der Waals surface area contributed by atoms with Gasteiger partial charge in [-0.3, -0.25) is 15.3 Å². The minimum atomic E-state index is 0.0155. The number of nitrogen functional groups attached to an aromatic ring is 1. The Labute approximate surface area is 119 Å². The molecule has 0 bridgehead atoms. The molecule has 6 nitrogen and oxygen atoms in total. The zero-order chi connectivity index (χ0) is 14.4. The summed E-state index contributed by atoms with van der Waals surface area (Å²) in [5.74, 6) is 0.0155. The fraction of sp³-hybridized carbons (Fsp3) is 0.571. The first-order chi connectivity index (χ1) is 9.70. The highest BCUT2D eigenvalue weighted by molar-refractivity contribution is 5.94. The van der Waals surface area contributed by atoms with Crippen LogP contribution >= 0.6 is 0 Å². The number of aromatic nitrogens is 1. The van der Waals surface area contributed by atoms with Gasteiger partial charge in [-0.1, -0.05) is 6.07 Å². The Morgan fingerprint density at radius 3 is 2.90 bits per heavy atom. The summed E-state index contributed by atoms with van der Waals surface area (Å²) >= 11 is 0. The van der Waals surface area contributed by atoms with E-state index in [1.807, 2.05) is 12.1 Å². The van der Waals surface area contributed by atoms with Crippen LogP contribution in [0.15, 0.2) is 18.3 Å². The van der Waals surface area contributed by atoms with Crippen molar-refractivity contribution < 1.29 is 9.84 Å². The third-order valence-corrected chi connectivity index (χ3v) is 3.52. The number of likely N-dealkylation sites (tertiary alicyclic amines) is 1. The summed E-state index contributed by atoms with van der Waals surface area (Å²) in [5, 5.41) is 16.3. The second kappa shape index (κ2) is 7.33. The summed E-state index contributed by atoms with van der Waals surface area (Å²) in [6.07, 6.45) is 3.85. The van der Waals surface area contributed by atoms with Gasteiger partial charge in [0.2, 0.25) is 0 Å². The van der Waals surface area contributed by atoms with E-state index in [0.717, 1.165) is 38.0 Å². The van der Waals surface area contributed by atoms with Gasteiger partial charge in [0.1, 0.15) is 11.5 Å². The molecule has 1 aromatic rings. The molecule has 1 fully saturated rings. The molecule has 0 unspecified atom stereocenters. The standard InChI is InChI=1S/C14H22N4O2/c15-14(16)13-11(2-1-5-17-13)10-18-6-3-12(4-7-18)20-9-8-19/h1-2,5,12,19H,3-4,6-10H2,(H3,15,16). The van der Waals surface area contributed by atoms with Gasteiger partial charge in [-0.2, -0.15) is 0 Å². The second-order valence-electron chi connectivity index (χ2n) is 4.99. The molecule has 1 aromatic heterocycles. The van der Waals surface area contributed by atoms with Gasteiger partial charge in [0.15, 0.2) is 0 Å². The average molecular weight is 278 g/mol. The number of piperidine rings is 1. The summed E-state index contributed by atoms with van der Waals surface area (Å²) in [7, 11) is 0. The molecule has 2 heterocycles. The van der Waals surface area contributed by atoms with Crippen molar-refractivity contribution in [2.75, 3.05) is 26.3 Å². The molecule has 20 heavy (non-hydrogen) atoms. The lowest BCUT2D eigenvalue weighted by atomic mass is 10.1. The smallest absolute Gasteiger partial charge is 0.142 e. The van der Waals surface area contributed by atoms with E-state index in [-0.39, 0.29) is 18.5 Å². The lowest BCUT2D eigenvalue weighted by molar-refractivity contribution is -0.00903. The summed E-state index contributed by atoms with van der Waals surface area (Å²) in [4.78, 5) is 6.49. The molecule has 4 N–H and O–H groups in total. The number of amidine groups is 1. The Morgan fingerprint density at radius 1 is 1.50 bits per heavy atom. The number of nitrogens with two attached hydrogens (primary N) is 1. The van der Waals surface area contributed by atoms with Gasteiger partial charge >= 0.3 is 0 Å². The number of hydrogen-bond donors (Lipinski definition) is 3. The van der Waals surface area contributed by atoms with Crippen molar-refractivity contribution in [2.45, 2.75) is 25.5 Å². The summed E-state index contributed by atoms with van der Waals surface area (Å²) < 4.78 is 5.55. The Bertz CT molecular complexity index is 445. The molecule has 0 aromatic carbocycles. The molecule has 2 rings (SSSR count). The van der Waals surface area contributed by atoms with Gasteiger partial charge in [0, 0.05) is 25.8 Å². The molecular formula is C14H22N4O2. The zero-order valence-electron chi connectivity index (χ0n) is 11.6. The lowest BCUT2D eigenvalue weighted by Gasteiger charge is -2.32. The molecular weight excluding hydrogens is 256 g/mol. The van der Waals surface area contributed by atoms with Gasteiger partial charge in [0.05, 0.1) is 19.3 Å². The van der Waals surface area contributed by atoms with Crippen molar-refractivity contribution in [3.8, 4) is 0 Å². The molecule has 6 heteroatoms. The third-order valence-electron chi connectivity index (χ3n) is 3.52. The van der Waals surface area contributed by atoms with Gasteiger partial charge in [0.25, 0.3) is 0 Å². The van der Waals surface area contributed by atoms with Crippen molar-refractivity contribution in [1.82, 2.24) is 9.88 Å². The molecule has 110 valence electrons. The number of aliphatic hydroxyl groups excluding tert-OH is 1. The average Bonchev–Trinajstić information content (AvgIpc) is 2.47. The first kappa shape index (κ1) is 14.9. The van der Waals surface area contributed by atoms with Crippen molar-refractivity contribution in [1.29, 1.82) is 5.41 Å². The monoisotopic (exact) mass is 278 g/mol. The molecule has 0 aliphatic carbocycles. The number of hydrogen-bond acceptors (Lipinski definition) is 5. The highest BCUT2D eigenvalue weighted by atomic mass is 16.5. The molecule has 0 spiro atoms. The first-order valence-electron chi connectivity index (χ1n) is 6.94. The first-order valence-corrected chi connectivity index (χ1v) is 6.94. The number of pyridine rings is 1. The maximum atomic E-state index is 8.75. The van der Waals surface area contributed by atoms with Crippen molar-refractivity contribution >= 4 is 5.84 Å². The van der Waals surface area contributed by atoms with E-state index in [1.165, 1.54) is 0 Å². The molecule has 0 radical (unpaired) electrons. The van der Waals surface area contributed by atoms with Crippen LogP contribution in [0.2, 0.25) is 0 Å². The van der Waals surface area contributed by atoms with E-state index >= 15 is 0 Å². The highest BCUT2D eigenvalue weighted by Gasteiger charge is 2.20. The highest BCUT2D eigenvalue weighted by Crippen LogP contribution is 2.17. The van der Waals surface area contributed by atoms with Crippen LogP contribution in [0, 0.1) is 5.41 Å². The van der Waals surface area contributed by atoms with Crippen molar-refractivity contribution in [2.24, 2.45) is 5.73 Å². The Balaban J connectivity index is 1.88. The molecule has 1 saturated heterocycles. The predicted molar refractivity (Wildman–Crippen MR) is 76.6 cm³/mol. The maximum Gasteiger partial charge on any atom is 0.142 e. The van der Waals surface area contributed by atoms with E-state index in [2.05, 4.69) is 9.88 Å². The maximum absolute atomic E-state index is 8.75. The van der Waals surface area contributed by atoms with E-state index in [4.69, 9.17) is 21.0 Å². The molecule has 1 aliphatic rings. The van der Waals surface area contributed by atoms with Crippen LogP contribution in [0.25, 0.3) is 0 Å². The predicted octanol–water partition coefficient (Wildman–Crippen LogP) is 0.339. The largest absolute Gasteiger partial charge is 0.394 e. The number of aliphatic hydroxyl groups is 1. The lowest BCUT2D eigenvalue weighted by Crippen LogP contribution is -2.37. The van der Waals surface area contributed by atoms with E-state index in [9.17, 15) is 0 Å². The number of nitrogens with zero attached hydrogens (tertiary/aromatic N) is 2. The quantitative estimate of drug-likeness (QED) is 0.515. The number of ether oxygens (including phenoxy) is 1. The van der Waals surface area contributed by atoms with Gasteiger partial charge in [-0.15, -0.1) is 0 Å². The van der Waals surface area contributed by atoms with Crippen LogP contribution in [-0.4, -0.2) is 53.2 Å². The van der Waals surface area contributed by atoms with Crippen LogP contribution in [-0.2, 0) is 11.3 Å². The van der Waals surface area contributed by atoms with Crippen LogP contribution in [0.5, 0.6) is 0 Å². The summed E-state index contributed by atoms with van der Waals surface area (Å²) in [6, 6.07) is 3.84. The summed E-state index contributed by atoms with van der Waals surface area (Å²) in [5.41, 5.74) is 7.13. The van der Waals surface area contributed by atoms with Gasteiger partial charge in [-0.25, -0.2) is 0 Å². The molecule has 0 saturated carbocycles. The van der Waals surface area contributed by atoms with Crippen molar-refractivity contribution in [3.63, 3.8) is 0 Å². The number of nitrogens with one attached hydrogen (secondary N) is 1. The second-order valence-corrected chi connectivity index (χ2v) is 4.99. The minimum Gasteiger partial charge on any atom is -0.394 e. The van der Waals surface area contributed by atoms with E-state index in [0.29, 0.717) is 12.3 Å². The van der Waals surface area contributed by atoms with Crippen LogP contribution < -0.4 is 5.73 Å². The van der Waals surface area contributed by atoms with Crippen LogP contribution in [0.4, 0.5) is 0 Å². The fourth-order valence-corrected chi connectivity index (χ4v) is 2.50. The Morgan fingerprint density at radius 2 is 2.25 bits per heavy atom. The Hall–Kier alpha value is -1.50. The molecule has 0 amide bonds. The van der Waals surface area contributed by atoms with E-state index < -0.39 is 0 Å². The van der Waals surface area contributed by atoms with Crippen molar-refractivity contribution in [3.05, 3.63) is 29.6 Å². The third kappa shape index (κ3) is 4.00. The minimum absolute atomic E-state index is 0.0155. The molecule has 1 aliphatic heterocycles. The van der Waals surface area contributed by atoms with Gasteiger partial charge in [-0.05, 0) is 24.5 Å². The van der Waals surface area contributed by atoms with Crippen LogP contribution in [0.1, 0.15) is 24.1 Å². The summed E-state index contributed by atoms with van der Waals surface area (Å²) in [6.45, 7) is 3.15. The van der Waals surface area contributed by atoms with Gasteiger partial charge < -0.3 is 15.6 Å². The van der Waals surface area contributed by atoms with E-state index in [1.54, 1.807) is 6.20 Å². The topological polar surface area (TPSA) is 95.5 Å².